The smallest absolute Gasteiger partial charge is 0.119 e. The van der Waals surface area contributed by atoms with Gasteiger partial charge in [0.15, 0.2) is 0 Å². The summed E-state index contributed by atoms with van der Waals surface area (Å²) in [6.45, 7) is 0.525. The van der Waals surface area contributed by atoms with Gasteiger partial charge >= 0.3 is 0 Å². The number of benzene rings is 2. The van der Waals surface area contributed by atoms with E-state index in [0.717, 1.165) is 30.0 Å². The van der Waals surface area contributed by atoms with Gasteiger partial charge in [0.05, 0.1) is 9.30 Å². The molecular formula is C16H20O. The van der Waals surface area contributed by atoms with Crippen molar-refractivity contribution in [3.8, 4) is 5.75 Å². The molecule has 1 nitrogen and oxygen atoms in total. The van der Waals surface area contributed by atoms with Gasteiger partial charge in [-0.3, -0.25) is 0 Å². The minimum Gasteiger partial charge on any atom is -0.494 e. The molecule has 2 rings (SSSR count). The molecule has 0 aliphatic heterocycles. The van der Waals surface area contributed by atoms with Crippen LogP contribution >= 0.6 is 0 Å². The molecule has 0 bridgehead atoms. The highest BCUT2D eigenvalue weighted by Crippen LogP contribution is 2.20. The van der Waals surface area contributed by atoms with E-state index in [9.17, 15) is 0 Å². The van der Waals surface area contributed by atoms with Gasteiger partial charge < -0.3 is 4.74 Å². The topological polar surface area (TPSA) is 9.23 Å². The van der Waals surface area contributed by atoms with Crippen molar-refractivity contribution in [2.75, 3.05) is 6.56 Å². The number of hydrogen-bond acceptors (Lipinski definition) is 1. The molecule has 0 heterocycles. The fourth-order valence-electron chi connectivity index (χ4n) is 1.81. The highest BCUT2D eigenvalue weighted by molar-refractivity contribution is 5.83. The van der Waals surface area contributed by atoms with Crippen molar-refractivity contribution in [2.45, 2.75) is 32.6 Å². The van der Waals surface area contributed by atoms with Crippen LogP contribution in [0.3, 0.4) is 0 Å². The average molecular weight is 230 g/mol. The summed E-state index contributed by atoms with van der Waals surface area (Å²) in [6, 6.07) is 13.7. The molecule has 0 saturated carbocycles. The van der Waals surface area contributed by atoms with Gasteiger partial charge in [-0.15, -0.1) is 0 Å². The summed E-state index contributed by atoms with van der Waals surface area (Å²) < 4.78 is 21.3. The van der Waals surface area contributed by atoms with Crippen molar-refractivity contribution >= 4 is 10.8 Å². The lowest BCUT2D eigenvalue weighted by Crippen LogP contribution is -1.96. The molecule has 0 saturated heterocycles. The zero-order valence-corrected chi connectivity index (χ0v) is 10.3. The molecule has 0 N–H and O–H groups in total. The zero-order chi connectivity index (χ0) is 13.7. The van der Waals surface area contributed by atoms with Crippen LogP contribution in [0.15, 0.2) is 42.5 Å². The molecule has 0 spiro atoms. The van der Waals surface area contributed by atoms with Gasteiger partial charge in [-0.25, -0.2) is 0 Å². The molecule has 1 heteroatoms. The Hall–Kier alpha value is -1.50. The molecule has 2 aromatic carbocycles. The monoisotopic (exact) mass is 230 g/mol. The normalized spacial score (nSPS) is 13.2. The number of ether oxygens (including phenoxy) is 1. The van der Waals surface area contributed by atoms with Crippen LogP contribution in [0, 0.1) is 0 Å². The van der Waals surface area contributed by atoms with Crippen LogP contribution in [0.5, 0.6) is 5.75 Å². The van der Waals surface area contributed by atoms with Crippen LogP contribution in [-0.4, -0.2) is 6.56 Å². The van der Waals surface area contributed by atoms with E-state index in [1.165, 1.54) is 0 Å². The molecule has 0 amide bonds. The average Bonchev–Trinajstić information content (AvgIpc) is 2.38. The van der Waals surface area contributed by atoms with Crippen molar-refractivity contribution in [3.05, 3.63) is 42.5 Å². The van der Waals surface area contributed by atoms with Crippen molar-refractivity contribution in [2.24, 2.45) is 0 Å². The third-order valence-electron chi connectivity index (χ3n) is 2.79. The minimum atomic E-state index is -1.59. The number of unbranched alkanes of at least 4 members (excludes halogenated alkanes) is 2. The van der Waals surface area contributed by atoms with E-state index in [1.807, 2.05) is 42.5 Å². The van der Waals surface area contributed by atoms with E-state index in [4.69, 9.17) is 7.48 Å². The molecule has 90 valence electrons. The van der Waals surface area contributed by atoms with E-state index in [0.29, 0.717) is 12.2 Å². The fraction of sp³-hybridized carbons (Fsp3) is 0.375. The Morgan fingerprint density at radius 3 is 2.65 bits per heavy atom. The van der Waals surface area contributed by atoms with Crippen molar-refractivity contribution in [3.63, 3.8) is 0 Å². The van der Waals surface area contributed by atoms with Crippen LogP contribution in [0.25, 0.3) is 10.8 Å². The second kappa shape index (κ2) is 6.29. The lowest BCUT2D eigenvalue weighted by atomic mass is 10.1. The molecular weight excluding hydrogens is 208 g/mol. The van der Waals surface area contributed by atoms with E-state index in [-0.39, 0.29) is 0 Å². The summed E-state index contributed by atoms with van der Waals surface area (Å²) in [5, 5.41) is 2.21. The maximum Gasteiger partial charge on any atom is 0.119 e. The summed E-state index contributed by atoms with van der Waals surface area (Å²) in [7, 11) is 0. The molecule has 2 aromatic rings. The second-order valence-corrected chi connectivity index (χ2v) is 4.21. The SMILES string of the molecule is [2H]C([2H])(CCCCC)Oc1ccc2ccccc2c1. The lowest BCUT2D eigenvalue weighted by molar-refractivity contribution is 0.305. The first-order chi connectivity index (χ1) is 9.11. The maximum absolute atomic E-state index is 7.89. The summed E-state index contributed by atoms with van der Waals surface area (Å²) in [4.78, 5) is 0. The first kappa shape index (κ1) is 9.52. The zero-order valence-electron chi connectivity index (χ0n) is 12.3. The third kappa shape index (κ3) is 3.48. The molecule has 0 aromatic heterocycles. The minimum absolute atomic E-state index is 0.438. The largest absolute Gasteiger partial charge is 0.494 e. The standard InChI is InChI=1S/C16H20O/c1-2-3-4-7-12-17-16-11-10-14-8-5-6-9-15(14)13-16/h5-6,8-11,13H,2-4,7,12H2,1H3/i12D2. The third-order valence-corrected chi connectivity index (χ3v) is 2.79. The van der Waals surface area contributed by atoms with Crippen LogP contribution < -0.4 is 4.74 Å². The molecule has 0 aliphatic rings. The summed E-state index contributed by atoms with van der Waals surface area (Å²) in [5.74, 6) is 0.597. The summed E-state index contributed by atoms with van der Waals surface area (Å²) in [5.41, 5.74) is 0. The highest BCUT2D eigenvalue weighted by Gasteiger charge is 1.96. The first-order valence-electron chi connectivity index (χ1n) is 7.28. The van der Waals surface area contributed by atoms with Gasteiger partial charge in [0.25, 0.3) is 0 Å². The van der Waals surface area contributed by atoms with Gasteiger partial charge in [0.2, 0.25) is 0 Å². The fourth-order valence-corrected chi connectivity index (χ4v) is 1.81. The molecule has 17 heavy (non-hydrogen) atoms. The second-order valence-electron chi connectivity index (χ2n) is 4.21. The summed E-state index contributed by atoms with van der Waals surface area (Å²) in [6.07, 6.45) is 3.43. The Labute approximate surface area is 106 Å². The van der Waals surface area contributed by atoms with Crippen LogP contribution in [0.2, 0.25) is 0 Å². The van der Waals surface area contributed by atoms with E-state index >= 15 is 0 Å². The van der Waals surface area contributed by atoms with Crippen molar-refractivity contribution in [1.82, 2.24) is 0 Å². The molecule has 0 fully saturated rings. The van der Waals surface area contributed by atoms with E-state index in [1.54, 1.807) is 0 Å². The quantitative estimate of drug-likeness (QED) is 0.648. The predicted molar refractivity (Wildman–Crippen MR) is 73.6 cm³/mol. The van der Waals surface area contributed by atoms with Crippen molar-refractivity contribution < 1.29 is 7.48 Å². The van der Waals surface area contributed by atoms with Gasteiger partial charge in [0.1, 0.15) is 5.75 Å². The number of rotatable bonds is 6. The van der Waals surface area contributed by atoms with Gasteiger partial charge in [-0.05, 0) is 29.3 Å². The van der Waals surface area contributed by atoms with Gasteiger partial charge in [-0.2, -0.15) is 0 Å². The van der Waals surface area contributed by atoms with E-state index in [2.05, 4.69) is 6.92 Å². The van der Waals surface area contributed by atoms with Crippen molar-refractivity contribution in [1.29, 1.82) is 0 Å². The van der Waals surface area contributed by atoms with Crippen LogP contribution in [0.4, 0.5) is 0 Å². The number of fused-ring (bicyclic) bond motifs is 1. The maximum atomic E-state index is 7.89. The Morgan fingerprint density at radius 2 is 1.82 bits per heavy atom. The molecule has 0 unspecified atom stereocenters. The Kier molecular flexibility index (Phi) is 3.52. The van der Waals surface area contributed by atoms with E-state index < -0.39 is 6.56 Å². The Bertz CT molecular complexity index is 537. The first-order valence-corrected chi connectivity index (χ1v) is 6.28. The van der Waals surface area contributed by atoms with Gasteiger partial charge in [-0.1, -0.05) is 56.5 Å². The lowest BCUT2D eigenvalue weighted by Gasteiger charge is -2.07. The molecule has 0 aliphatic carbocycles. The molecule has 0 atom stereocenters. The molecule has 0 radical (unpaired) electrons. The summed E-state index contributed by atoms with van der Waals surface area (Å²) >= 11 is 0. The van der Waals surface area contributed by atoms with Gasteiger partial charge in [0, 0.05) is 0 Å². The highest BCUT2D eigenvalue weighted by atomic mass is 16.5. The van der Waals surface area contributed by atoms with Crippen LogP contribution in [-0.2, 0) is 0 Å². The number of hydrogen-bond donors (Lipinski definition) is 0. The Balaban J connectivity index is 2.07. The predicted octanol–water partition coefficient (Wildman–Crippen LogP) is 4.80. The Morgan fingerprint density at radius 1 is 1.00 bits per heavy atom. The van der Waals surface area contributed by atoms with Crippen LogP contribution in [0.1, 0.15) is 35.3 Å².